The molecule has 1 N–H and O–H groups in total. The molecule has 1 aromatic heterocycles. The first kappa shape index (κ1) is 16.2. The number of hydrogen-bond donors (Lipinski definition) is 1. The van der Waals surface area contributed by atoms with E-state index in [-0.39, 0.29) is 11.5 Å². The number of nitrogens with one attached hydrogen (secondary N) is 1. The van der Waals surface area contributed by atoms with E-state index in [1.54, 1.807) is 23.9 Å². The van der Waals surface area contributed by atoms with Gasteiger partial charge < -0.3 is 14.6 Å². The Morgan fingerprint density at radius 1 is 1.27 bits per heavy atom. The largest absolute Gasteiger partial charge is 0.383 e. The number of ether oxygens (including phenoxy) is 1. The van der Waals surface area contributed by atoms with Gasteiger partial charge in [0, 0.05) is 37.2 Å². The second-order valence-corrected chi connectivity index (χ2v) is 5.69. The van der Waals surface area contributed by atoms with E-state index in [1.165, 1.54) is 0 Å². The molecule has 1 heterocycles. The number of rotatable bonds is 6. The predicted octanol–water partition coefficient (Wildman–Crippen LogP) is 2.03. The van der Waals surface area contributed by atoms with Gasteiger partial charge in [-0.1, -0.05) is 32.0 Å². The van der Waals surface area contributed by atoms with Crippen molar-refractivity contribution < 1.29 is 9.53 Å². The predicted molar refractivity (Wildman–Crippen MR) is 87.3 cm³/mol. The van der Waals surface area contributed by atoms with Crippen molar-refractivity contribution in [2.24, 2.45) is 5.92 Å². The monoisotopic (exact) mass is 302 g/mol. The average Bonchev–Trinajstić information content (AvgIpc) is 2.50. The molecule has 1 aromatic carbocycles. The lowest BCUT2D eigenvalue weighted by molar-refractivity contribution is 0.0938. The molecule has 2 aromatic rings. The van der Waals surface area contributed by atoms with Gasteiger partial charge in [-0.15, -0.1) is 0 Å². The van der Waals surface area contributed by atoms with E-state index in [9.17, 15) is 9.59 Å². The summed E-state index contributed by atoms with van der Waals surface area (Å²) < 4.78 is 6.56. The second-order valence-electron chi connectivity index (χ2n) is 5.69. The van der Waals surface area contributed by atoms with E-state index in [0.29, 0.717) is 42.0 Å². The highest BCUT2D eigenvalue weighted by molar-refractivity contribution is 6.06. The van der Waals surface area contributed by atoms with Crippen LogP contribution in [0.15, 0.2) is 35.3 Å². The zero-order valence-electron chi connectivity index (χ0n) is 13.3. The Hall–Kier alpha value is -2.14. The second kappa shape index (κ2) is 7.22. The fraction of sp³-hybridized carbons (Fsp3) is 0.412. The number of methoxy groups -OCH3 is 1. The average molecular weight is 302 g/mol. The van der Waals surface area contributed by atoms with Crippen molar-refractivity contribution >= 4 is 16.7 Å². The lowest BCUT2D eigenvalue weighted by Gasteiger charge is -2.14. The summed E-state index contributed by atoms with van der Waals surface area (Å²) in [4.78, 5) is 24.9. The van der Waals surface area contributed by atoms with E-state index < -0.39 is 0 Å². The number of carbonyl (C=O) groups is 1. The van der Waals surface area contributed by atoms with Crippen LogP contribution in [0.1, 0.15) is 24.2 Å². The van der Waals surface area contributed by atoms with E-state index in [4.69, 9.17) is 4.74 Å². The van der Waals surface area contributed by atoms with Crippen molar-refractivity contribution in [3.8, 4) is 0 Å². The summed E-state index contributed by atoms with van der Waals surface area (Å²) in [5.74, 6) is 0.133. The number of nitrogens with zero attached hydrogens (tertiary/aromatic N) is 1. The Labute approximate surface area is 129 Å². The minimum Gasteiger partial charge on any atom is -0.383 e. The van der Waals surface area contributed by atoms with Gasteiger partial charge in [0.2, 0.25) is 0 Å². The number of carbonyl (C=O) groups excluding carboxylic acids is 1. The van der Waals surface area contributed by atoms with E-state index >= 15 is 0 Å². The molecule has 0 spiro atoms. The van der Waals surface area contributed by atoms with Gasteiger partial charge >= 0.3 is 0 Å². The molecule has 5 heteroatoms. The van der Waals surface area contributed by atoms with Crippen LogP contribution in [-0.4, -0.2) is 30.7 Å². The molecule has 1 amide bonds. The number of hydrogen-bond acceptors (Lipinski definition) is 3. The van der Waals surface area contributed by atoms with E-state index in [2.05, 4.69) is 5.32 Å². The molecule has 2 rings (SSSR count). The maximum absolute atomic E-state index is 12.5. The van der Waals surface area contributed by atoms with Gasteiger partial charge in [0.05, 0.1) is 12.2 Å². The molecule has 0 aliphatic rings. The topological polar surface area (TPSA) is 60.3 Å². The number of fused-ring (bicyclic) bond motifs is 1. The summed E-state index contributed by atoms with van der Waals surface area (Å²) in [5.41, 5.74) is 0.463. The highest BCUT2D eigenvalue weighted by Crippen LogP contribution is 2.16. The summed E-state index contributed by atoms with van der Waals surface area (Å²) in [6.07, 6.45) is 1.66. The SMILES string of the molecule is COCCNC(=O)c1cn(CC(C)C)c(=O)c2ccccc12. The van der Waals surface area contributed by atoms with Gasteiger partial charge in [-0.25, -0.2) is 0 Å². The fourth-order valence-corrected chi connectivity index (χ4v) is 2.41. The molecule has 118 valence electrons. The Morgan fingerprint density at radius 2 is 1.95 bits per heavy atom. The summed E-state index contributed by atoms with van der Waals surface area (Å²) in [6.45, 7) is 5.56. The first-order valence-electron chi connectivity index (χ1n) is 7.44. The fourth-order valence-electron chi connectivity index (χ4n) is 2.41. The van der Waals surface area contributed by atoms with Gasteiger partial charge in [-0.05, 0) is 12.0 Å². The van der Waals surface area contributed by atoms with Crippen LogP contribution in [0.25, 0.3) is 10.8 Å². The van der Waals surface area contributed by atoms with Crippen LogP contribution in [0.5, 0.6) is 0 Å². The van der Waals surface area contributed by atoms with Gasteiger partial charge in [0.1, 0.15) is 0 Å². The number of benzene rings is 1. The van der Waals surface area contributed by atoms with Crippen molar-refractivity contribution in [3.63, 3.8) is 0 Å². The van der Waals surface area contributed by atoms with Gasteiger partial charge in [-0.3, -0.25) is 9.59 Å². The molecule has 22 heavy (non-hydrogen) atoms. The zero-order chi connectivity index (χ0) is 16.1. The molecule has 0 aliphatic heterocycles. The molecule has 0 radical (unpaired) electrons. The summed E-state index contributed by atoms with van der Waals surface area (Å²) in [7, 11) is 1.59. The molecular formula is C17H22N2O3. The number of pyridine rings is 1. The molecule has 0 saturated carbocycles. The van der Waals surface area contributed by atoms with Crippen LogP contribution in [0.2, 0.25) is 0 Å². The van der Waals surface area contributed by atoms with Crippen molar-refractivity contribution in [2.45, 2.75) is 20.4 Å². The number of amides is 1. The van der Waals surface area contributed by atoms with Gasteiger partial charge in [0.25, 0.3) is 11.5 Å². The minimum absolute atomic E-state index is 0.0576. The zero-order valence-corrected chi connectivity index (χ0v) is 13.3. The highest BCUT2D eigenvalue weighted by Gasteiger charge is 2.14. The molecule has 0 unspecified atom stereocenters. The van der Waals surface area contributed by atoms with Crippen molar-refractivity contribution in [3.05, 3.63) is 46.4 Å². The summed E-state index contributed by atoms with van der Waals surface area (Å²) >= 11 is 0. The Bertz CT molecular complexity index is 719. The third-order valence-corrected chi connectivity index (χ3v) is 3.39. The smallest absolute Gasteiger partial charge is 0.258 e. The van der Waals surface area contributed by atoms with Gasteiger partial charge in [0.15, 0.2) is 0 Å². The van der Waals surface area contributed by atoms with Crippen molar-refractivity contribution in [1.29, 1.82) is 0 Å². The molecular weight excluding hydrogens is 280 g/mol. The first-order chi connectivity index (χ1) is 10.5. The van der Waals surface area contributed by atoms with Crippen LogP contribution in [-0.2, 0) is 11.3 Å². The van der Waals surface area contributed by atoms with Crippen molar-refractivity contribution in [2.75, 3.05) is 20.3 Å². The van der Waals surface area contributed by atoms with Gasteiger partial charge in [-0.2, -0.15) is 0 Å². The third-order valence-electron chi connectivity index (χ3n) is 3.39. The molecule has 0 saturated heterocycles. The lowest BCUT2D eigenvalue weighted by Crippen LogP contribution is -2.30. The van der Waals surface area contributed by atoms with Crippen LogP contribution in [0.4, 0.5) is 0 Å². The third kappa shape index (κ3) is 3.54. The lowest BCUT2D eigenvalue weighted by atomic mass is 10.1. The molecule has 0 atom stereocenters. The standard InChI is InChI=1S/C17H22N2O3/c1-12(2)10-19-11-15(16(20)18-8-9-22-3)13-6-4-5-7-14(13)17(19)21/h4-7,11-12H,8-10H2,1-3H3,(H,18,20). The quantitative estimate of drug-likeness (QED) is 0.831. The molecule has 5 nitrogen and oxygen atoms in total. The molecule has 0 fully saturated rings. The van der Waals surface area contributed by atoms with Crippen LogP contribution >= 0.6 is 0 Å². The molecule has 0 aliphatic carbocycles. The maximum atomic E-state index is 12.5. The highest BCUT2D eigenvalue weighted by atomic mass is 16.5. The minimum atomic E-state index is -0.189. The Morgan fingerprint density at radius 3 is 2.59 bits per heavy atom. The van der Waals surface area contributed by atoms with Crippen LogP contribution < -0.4 is 10.9 Å². The normalized spacial score (nSPS) is 11.1. The van der Waals surface area contributed by atoms with Crippen LogP contribution in [0.3, 0.4) is 0 Å². The maximum Gasteiger partial charge on any atom is 0.258 e. The summed E-state index contributed by atoms with van der Waals surface area (Å²) in [6, 6.07) is 7.22. The van der Waals surface area contributed by atoms with Crippen molar-refractivity contribution in [1.82, 2.24) is 9.88 Å². The summed E-state index contributed by atoms with van der Waals surface area (Å²) in [5, 5.41) is 4.07. The van der Waals surface area contributed by atoms with E-state index in [1.807, 2.05) is 32.0 Å². The molecule has 0 bridgehead atoms. The number of aromatic nitrogens is 1. The first-order valence-corrected chi connectivity index (χ1v) is 7.44. The van der Waals surface area contributed by atoms with Crippen LogP contribution in [0, 0.1) is 5.92 Å². The van der Waals surface area contributed by atoms with E-state index in [0.717, 1.165) is 0 Å². The Balaban J connectivity index is 2.49. The Kier molecular flexibility index (Phi) is 5.33.